The molecule has 5 rings (SSSR count). The standard InChI is InChI=1S/C38H32N4O6S/c1-2-48-34-20-12-10-18-31(34)40-38(45)35(26-13-5-3-6-14-26)49-30-23-21-29(22-24-30)39-37(44)32(41-36(43)27-15-7-4-8-16-27)25-28-17-9-11-19-33(28)42(46)47/h3-25,35H,2H2,1H3,(H,39,44)(H,40,45)(H,41,43)/b32-25-. The van der Waals surface area contributed by atoms with Gasteiger partial charge in [0.2, 0.25) is 5.91 Å². The van der Waals surface area contributed by atoms with E-state index in [0.29, 0.717) is 29.3 Å². The van der Waals surface area contributed by atoms with Crippen molar-refractivity contribution in [2.75, 3.05) is 17.2 Å². The molecule has 1 unspecified atom stereocenters. The lowest BCUT2D eigenvalue weighted by molar-refractivity contribution is -0.385. The summed E-state index contributed by atoms with van der Waals surface area (Å²) in [5.41, 5.74) is 1.82. The summed E-state index contributed by atoms with van der Waals surface area (Å²) < 4.78 is 5.68. The van der Waals surface area contributed by atoms with Crippen LogP contribution in [0.15, 0.2) is 144 Å². The number of amides is 3. The number of benzene rings is 5. The van der Waals surface area contributed by atoms with Crippen molar-refractivity contribution < 1.29 is 24.0 Å². The van der Waals surface area contributed by atoms with Crippen LogP contribution < -0.4 is 20.7 Å². The van der Waals surface area contributed by atoms with Gasteiger partial charge >= 0.3 is 0 Å². The lowest BCUT2D eigenvalue weighted by Crippen LogP contribution is -2.30. The minimum absolute atomic E-state index is 0.145. The van der Waals surface area contributed by atoms with Crippen LogP contribution in [-0.2, 0) is 9.59 Å². The van der Waals surface area contributed by atoms with Crippen molar-refractivity contribution in [3.8, 4) is 5.75 Å². The fourth-order valence-corrected chi connectivity index (χ4v) is 5.80. The van der Waals surface area contributed by atoms with Gasteiger partial charge in [0.05, 0.1) is 22.8 Å². The number of carbonyl (C=O) groups is 3. The van der Waals surface area contributed by atoms with E-state index in [-0.39, 0.29) is 22.9 Å². The van der Waals surface area contributed by atoms with Crippen LogP contribution in [0.2, 0.25) is 0 Å². The monoisotopic (exact) mass is 672 g/mol. The van der Waals surface area contributed by atoms with Crippen molar-refractivity contribution in [2.45, 2.75) is 17.1 Å². The van der Waals surface area contributed by atoms with Gasteiger partial charge in [0, 0.05) is 22.2 Å². The number of anilines is 2. The van der Waals surface area contributed by atoms with E-state index in [2.05, 4.69) is 16.0 Å². The van der Waals surface area contributed by atoms with Crippen LogP contribution in [0.3, 0.4) is 0 Å². The van der Waals surface area contributed by atoms with Gasteiger partial charge in [-0.25, -0.2) is 0 Å². The maximum Gasteiger partial charge on any atom is 0.276 e. The number of ether oxygens (including phenoxy) is 1. The van der Waals surface area contributed by atoms with Crippen molar-refractivity contribution in [3.05, 3.63) is 166 Å². The number of hydrogen-bond donors (Lipinski definition) is 3. The zero-order valence-electron chi connectivity index (χ0n) is 26.4. The molecule has 0 bridgehead atoms. The number of thioether (sulfide) groups is 1. The molecule has 1 atom stereocenters. The highest BCUT2D eigenvalue weighted by atomic mass is 32.2. The first-order valence-electron chi connectivity index (χ1n) is 15.3. The summed E-state index contributed by atoms with van der Waals surface area (Å²) in [5, 5.41) is 19.4. The molecule has 0 fully saturated rings. The number of nitro benzene ring substituents is 1. The molecule has 0 aliphatic heterocycles. The third-order valence-corrected chi connectivity index (χ3v) is 8.38. The maximum atomic E-state index is 13.6. The number of nitrogens with one attached hydrogen (secondary N) is 3. The van der Waals surface area contributed by atoms with E-state index in [1.807, 2.05) is 49.4 Å². The number of rotatable bonds is 13. The van der Waals surface area contributed by atoms with E-state index in [1.54, 1.807) is 72.8 Å². The first-order valence-corrected chi connectivity index (χ1v) is 16.2. The number of nitrogens with zero attached hydrogens (tertiary/aromatic N) is 1. The third kappa shape index (κ3) is 9.21. The molecule has 49 heavy (non-hydrogen) atoms. The van der Waals surface area contributed by atoms with Crippen molar-refractivity contribution in [1.29, 1.82) is 0 Å². The molecule has 0 heterocycles. The largest absolute Gasteiger partial charge is 0.492 e. The van der Waals surface area contributed by atoms with Crippen LogP contribution in [0, 0.1) is 10.1 Å². The molecule has 5 aromatic rings. The van der Waals surface area contributed by atoms with Gasteiger partial charge in [0.1, 0.15) is 16.7 Å². The Kier molecular flexibility index (Phi) is 11.5. The number of hydrogen-bond acceptors (Lipinski definition) is 7. The van der Waals surface area contributed by atoms with E-state index < -0.39 is 22.0 Å². The molecular weight excluding hydrogens is 641 g/mol. The Morgan fingerprint density at radius 3 is 2.12 bits per heavy atom. The summed E-state index contributed by atoms with van der Waals surface area (Å²) in [6, 6.07) is 37.7. The molecule has 0 radical (unpaired) electrons. The smallest absolute Gasteiger partial charge is 0.276 e. The Bertz CT molecular complexity index is 1970. The van der Waals surface area contributed by atoms with Gasteiger partial charge in [-0.3, -0.25) is 24.5 Å². The van der Waals surface area contributed by atoms with Gasteiger partial charge < -0.3 is 20.7 Å². The molecule has 0 spiro atoms. The Hall–Kier alpha value is -6.20. The Labute approximate surface area is 287 Å². The predicted octanol–water partition coefficient (Wildman–Crippen LogP) is 7.88. The van der Waals surface area contributed by atoms with Crippen molar-refractivity contribution in [3.63, 3.8) is 0 Å². The van der Waals surface area contributed by atoms with Crippen LogP contribution in [-0.4, -0.2) is 29.3 Å². The summed E-state index contributed by atoms with van der Waals surface area (Å²) in [6.07, 6.45) is 1.27. The van der Waals surface area contributed by atoms with Gasteiger partial charge in [-0.15, -0.1) is 11.8 Å². The highest BCUT2D eigenvalue weighted by molar-refractivity contribution is 8.00. The minimum Gasteiger partial charge on any atom is -0.492 e. The molecule has 3 N–H and O–H groups in total. The average molecular weight is 673 g/mol. The first kappa shape index (κ1) is 34.1. The highest BCUT2D eigenvalue weighted by Gasteiger charge is 2.24. The zero-order chi connectivity index (χ0) is 34.6. The minimum atomic E-state index is -0.683. The summed E-state index contributed by atoms with van der Waals surface area (Å²) in [7, 11) is 0. The number of carbonyl (C=O) groups excluding carboxylic acids is 3. The van der Waals surface area contributed by atoms with E-state index in [0.717, 1.165) is 10.5 Å². The van der Waals surface area contributed by atoms with Gasteiger partial charge in [0.25, 0.3) is 17.5 Å². The molecule has 0 saturated carbocycles. The topological polar surface area (TPSA) is 140 Å². The van der Waals surface area contributed by atoms with Crippen LogP contribution in [0.4, 0.5) is 17.1 Å². The number of para-hydroxylation sites is 3. The van der Waals surface area contributed by atoms with E-state index in [4.69, 9.17) is 4.74 Å². The predicted molar refractivity (Wildman–Crippen MR) is 191 cm³/mol. The summed E-state index contributed by atoms with van der Waals surface area (Å²) in [5.74, 6) is -0.899. The van der Waals surface area contributed by atoms with Crippen LogP contribution in [0.25, 0.3) is 6.08 Å². The quantitative estimate of drug-likeness (QED) is 0.0500. The lowest BCUT2D eigenvalue weighted by Gasteiger charge is -2.19. The number of nitro groups is 1. The molecule has 0 aliphatic carbocycles. The molecule has 0 saturated heterocycles. The second-order valence-corrected chi connectivity index (χ2v) is 11.7. The van der Waals surface area contributed by atoms with Crippen LogP contribution in [0.5, 0.6) is 5.75 Å². The maximum absolute atomic E-state index is 13.6. The van der Waals surface area contributed by atoms with Crippen molar-refractivity contribution in [2.24, 2.45) is 0 Å². The molecule has 3 amide bonds. The van der Waals surface area contributed by atoms with Crippen LogP contribution >= 0.6 is 11.8 Å². The second-order valence-electron chi connectivity index (χ2n) is 10.5. The average Bonchev–Trinajstić information content (AvgIpc) is 3.12. The fraction of sp³-hybridized carbons (Fsp3) is 0.0789. The Morgan fingerprint density at radius 2 is 1.43 bits per heavy atom. The molecule has 246 valence electrons. The van der Waals surface area contributed by atoms with E-state index in [1.165, 1.54) is 36.0 Å². The molecule has 10 nitrogen and oxygen atoms in total. The van der Waals surface area contributed by atoms with Gasteiger partial charge in [-0.05, 0) is 73.2 Å². The van der Waals surface area contributed by atoms with Gasteiger partial charge in [0.15, 0.2) is 0 Å². The zero-order valence-corrected chi connectivity index (χ0v) is 27.2. The highest BCUT2D eigenvalue weighted by Crippen LogP contribution is 2.37. The summed E-state index contributed by atoms with van der Waals surface area (Å²) >= 11 is 1.34. The fourth-order valence-electron chi connectivity index (χ4n) is 4.78. The summed E-state index contributed by atoms with van der Waals surface area (Å²) in [6.45, 7) is 2.33. The molecule has 0 aromatic heterocycles. The van der Waals surface area contributed by atoms with Crippen LogP contribution in [0.1, 0.15) is 33.7 Å². The Balaban J connectivity index is 1.36. The van der Waals surface area contributed by atoms with Gasteiger partial charge in [-0.1, -0.05) is 72.8 Å². The van der Waals surface area contributed by atoms with Crippen molar-refractivity contribution in [1.82, 2.24) is 5.32 Å². The molecular formula is C38H32N4O6S. The lowest BCUT2D eigenvalue weighted by atomic mass is 10.1. The third-order valence-electron chi connectivity index (χ3n) is 7.11. The van der Waals surface area contributed by atoms with Gasteiger partial charge in [-0.2, -0.15) is 0 Å². The Morgan fingerprint density at radius 1 is 0.796 bits per heavy atom. The first-order chi connectivity index (χ1) is 23.8. The molecule has 11 heteroatoms. The normalized spacial score (nSPS) is 11.6. The van der Waals surface area contributed by atoms with E-state index >= 15 is 0 Å². The van der Waals surface area contributed by atoms with Crippen molar-refractivity contribution >= 4 is 52.6 Å². The molecule has 5 aromatic carbocycles. The molecule has 0 aliphatic rings. The van der Waals surface area contributed by atoms with E-state index in [9.17, 15) is 24.5 Å². The summed E-state index contributed by atoms with van der Waals surface area (Å²) in [4.78, 5) is 52.0. The SMILES string of the molecule is CCOc1ccccc1NC(=O)C(Sc1ccc(NC(=O)/C(=C/c2ccccc2[N+](=O)[O-])NC(=O)c2ccccc2)cc1)c1ccccc1. The second kappa shape index (κ2) is 16.6.